The standard InChI is InChI=1S/C12H14N2O2S/c1-4-16-12(15)14-11-13-10-8(3)5-7(2)6-9(10)17-11/h5-6H,4H2,1-3H3,(H,13,14,15). The van der Waals surface area contributed by atoms with Crippen LogP contribution in [0, 0.1) is 13.8 Å². The van der Waals surface area contributed by atoms with E-state index in [1.54, 1.807) is 6.92 Å². The van der Waals surface area contributed by atoms with E-state index in [-0.39, 0.29) is 0 Å². The van der Waals surface area contributed by atoms with E-state index in [0.29, 0.717) is 11.7 Å². The van der Waals surface area contributed by atoms with Gasteiger partial charge in [0.1, 0.15) is 0 Å². The molecule has 1 N–H and O–H groups in total. The van der Waals surface area contributed by atoms with Gasteiger partial charge in [0.05, 0.1) is 16.8 Å². The van der Waals surface area contributed by atoms with Crippen molar-refractivity contribution in [3.8, 4) is 0 Å². The number of benzene rings is 1. The van der Waals surface area contributed by atoms with Gasteiger partial charge in [-0.15, -0.1) is 0 Å². The number of thiazole rings is 1. The number of hydrogen-bond donors (Lipinski definition) is 1. The van der Waals surface area contributed by atoms with Crippen molar-refractivity contribution in [1.82, 2.24) is 4.98 Å². The fourth-order valence-corrected chi connectivity index (χ4v) is 2.71. The molecule has 1 aromatic carbocycles. The van der Waals surface area contributed by atoms with Gasteiger partial charge in [0.2, 0.25) is 0 Å². The molecule has 4 nitrogen and oxygen atoms in total. The van der Waals surface area contributed by atoms with Gasteiger partial charge in [-0.25, -0.2) is 9.78 Å². The number of ether oxygens (including phenoxy) is 1. The number of rotatable bonds is 2. The second kappa shape index (κ2) is 4.71. The van der Waals surface area contributed by atoms with Crippen molar-refractivity contribution in [2.75, 3.05) is 11.9 Å². The van der Waals surface area contributed by atoms with Crippen LogP contribution in [-0.4, -0.2) is 17.7 Å². The lowest BCUT2D eigenvalue weighted by Gasteiger charge is -1.99. The Bertz CT molecular complexity index is 563. The van der Waals surface area contributed by atoms with Crippen LogP contribution in [0.5, 0.6) is 0 Å². The highest BCUT2D eigenvalue weighted by atomic mass is 32.1. The smallest absolute Gasteiger partial charge is 0.413 e. The Morgan fingerprint density at radius 3 is 2.94 bits per heavy atom. The molecule has 0 spiro atoms. The Balaban J connectivity index is 2.32. The van der Waals surface area contributed by atoms with Crippen LogP contribution < -0.4 is 5.32 Å². The van der Waals surface area contributed by atoms with Crippen LogP contribution in [0.4, 0.5) is 9.93 Å². The van der Waals surface area contributed by atoms with Crippen molar-refractivity contribution in [3.05, 3.63) is 23.3 Å². The number of carbonyl (C=O) groups excluding carboxylic acids is 1. The average molecular weight is 250 g/mol. The first-order valence-electron chi connectivity index (χ1n) is 5.41. The van der Waals surface area contributed by atoms with E-state index in [1.807, 2.05) is 13.8 Å². The lowest BCUT2D eigenvalue weighted by molar-refractivity contribution is 0.168. The largest absolute Gasteiger partial charge is 0.450 e. The van der Waals surface area contributed by atoms with Crippen LogP contribution in [-0.2, 0) is 4.74 Å². The third-order valence-corrected chi connectivity index (χ3v) is 3.23. The highest BCUT2D eigenvalue weighted by Gasteiger charge is 2.09. The summed E-state index contributed by atoms with van der Waals surface area (Å²) in [5.74, 6) is 0. The number of amides is 1. The molecule has 5 heteroatoms. The fourth-order valence-electron chi connectivity index (χ4n) is 1.68. The quantitative estimate of drug-likeness (QED) is 0.887. The second-order valence-electron chi connectivity index (χ2n) is 3.79. The van der Waals surface area contributed by atoms with Crippen molar-refractivity contribution in [2.24, 2.45) is 0 Å². The summed E-state index contributed by atoms with van der Waals surface area (Å²) in [6.45, 7) is 6.19. The normalized spacial score (nSPS) is 10.5. The molecule has 17 heavy (non-hydrogen) atoms. The highest BCUT2D eigenvalue weighted by Crippen LogP contribution is 2.29. The molecule has 2 aromatic rings. The topological polar surface area (TPSA) is 51.2 Å². The molecular weight excluding hydrogens is 236 g/mol. The summed E-state index contributed by atoms with van der Waals surface area (Å²) < 4.78 is 5.89. The molecule has 1 heterocycles. The minimum absolute atomic E-state index is 0.356. The van der Waals surface area contributed by atoms with Gasteiger partial charge in [-0.3, -0.25) is 5.32 Å². The zero-order valence-electron chi connectivity index (χ0n) is 10.0. The van der Waals surface area contributed by atoms with Gasteiger partial charge in [0.15, 0.2) is 5.13 Å². The van der Waals surface area contributed by atoms with Crippen LogP contribution in [0.1, 0.15) is 18.1 Å². The molecule has 0 saturated heterocycles. The number of carbonyl (C=O) groups is 1. The van der Waals surface area contributed by atoms with E-state index in [1.165, 1.54) is 16.9 Å². The Hall–Kier alpha value is -1.62. The van der Waals surface area contributed by atoms with E-state index in [2.05, 4.69) is 22.4 Å². The Kier molecular flexibility index (Phi) is 3.28. The lowest BCUT2D eigenvalue weighted by atomic mass is 10.1. The number of aromatic nitrogens is 1. The SMILES string of the molecule is CCOC(=O)Nc1nc2c(C)cc(C)cc2s1. The van der Waals surface area contributed by atoms with E-state index < -0.39 is 6.09 Å². The molecule has 0 aliphatic rings. The molecular formula is C12H14N2O2S. The van der Waals surface area contributed by atoms with Crippen molar-refractivity contribution < 1.29 is 9.53 Å². The van der Waals surface area contributed by atoms with Gasteiger partial charge in [-0.1, -0.05) is 17.4 Å². The molecule has 0 aliphatic heterocycles. The lowest BCUT2D eigenvalue weighted by Crippen LogP contribution is -2.12. The highest BCUT2D eigenvalue weighted by molar-refractivity contribution is 7.22. The maximum Gasteiger partial charge on any atom is 0.413 e. The van der Waals surface area contributed by atoms with Crippen LogP contribution >= 0.6 is 11.3 Å². The first kappa shape index (κ1) is 11.9. The number of nitrogens with one attached hydrogen (secondary N) is 1. The van der Waals surface area contributed by atoms with E-state index in [9.17, 15) is 4.79 Å². The zero-order chi connectivity index (χ0) is 12.4. The zero-order valence-corrected chi connectivity index (χ0v) is 10.9. The van der Waals surface area contributed by atoms with Gasteiger partial charge >= 0.3 is 6.09 Å². The number of hydrogen-bond acceptors (Lipinski definition) is 4. The molecule has 0 radical (unpaired) electrons. The van der Waals surface area contributed by atoms with Crippen LogP contribution in [0.25, 0.3) is 10.2 Å². The number of anilines is 1. The predicted molar refractivity (Wildman–Crippen MR) is 69.7 cm³/mol. The second-order valence-corrected chi connectivity index (χ2v) is 4.82. The number of nitrogens with zero attached hydrogens (tertiary/aromatic N) is 1. The Morgan fingerprint density at radius 1 is 1.47 bits per heavy atom. The van der Waals surface area contributed by atoms with E-state index in [4.69, 9.17) is 4.74 Å². The molecule has 0 fully saturated rings. The predicted octanol–water partition coefficient (Wildman–Crippen LogP) is 3.48. The summed E-state index contributed by atoms with van der Waals surface area (Å²) in [5, 5.41) is 3.20. The molecule has 0 unspecified atom stereocenters. The Morgan fingerprint density at radius 2 is 2.24 bits per heavy atom. The van der Waals surface area contributed by atoms with Gasteiger partial charge in [0.25, 0.3) is 0 Å². The summed E-state index contributed by atoms with van der Waals surface area (Å²) in [6, 6.07) is 4.15. The molecule has 0 atom stereocenters. The van der Waals surface area contributed by atoms with E-state index >= 15 is 0 Å². The van der Waals surface area contributed by atoms with Gasteiger partial charge in [0, 0.05) is 0 Å². The van der Waals surface area contributed by atoms with Crippen molar-refractivity contribution in [3.63, 3.8) is 0 Å². The van der Waals surface area contributed by atoms with Gasteiger partial charge < -0.3 is 4.74 Å². The number of aryl methyl sites for hydroxylation is 2. The van der Waals surface area contributed by atoms with Crippen molar-refractivity contribution >= 4 is 32.8 Å². The summed E-state index contributed by atoms with van der Waals surface area (Å²) >= 11 is 1.46. The summed E-state index contributed by atoms with van der Waals surface area (Å²) in [7, 11) is 0. The van der Waals surface area contributed by atoms with Gasteiger partial charge in [-0.05, 0) is 38.0 Å². The van der Waals surface area contributed by atoms with Crippen molar-refractivity contribution in [2.45, 2.75) is 20.8 Å². The first-order valence-corrected chi connectivity index (χ1v) is 6.23. The molecule has 2 rings (SSSR count). The van der Waals surface area contributed by atoms with Crippen molar-refractivity contribution in [1.29, 1.82) is 0 Å². The maximum atomic E-state index is 11.3. The molecule has 1 amide bonds. The third-order valence-electron chi connectivity index (χ3n) is 2.31. The molecule has 0 saturated carbocycles. The van der Waals surface area contributed by atoms with E-state index in [0.717, 1.165) is 15.8 Å². The molecule has 90 valence electrons. The minimum atomic E-state index is -0.457. The number of fused-ring (bicyclic) bond motifs is 1. The summed E-state index contributed by atoms with van der Waals surface area (Å²) in [4.78, 5) is 15.7. The van der Waals surface area contributed by atoms with Gasteiger partial charge in [-0.2, -0.15) is 0 Å². The third kappa shape index (κ3) is 2.55. The molecule has 0 bridgehead atoms. The minimum Gasteiger partial charge on any atom is -0.450 e. The fraction of sp³-hybridized carbons (Fsp3) is 0.333. The molecule has 0 aliphatic carbocycles. The maximum absolute atomic E-state index is 11.3. The Labute approximate surface area is 104 Å². The first-order chi connectivity index (χ1) is 8.10. The van der Waals surface area contributed by atoms with Crippen LogP contribution in [0.15, 0.2) is 12.1 Å². The summed E-state index contributed by atoms with van der Waals surface area (Å²) in [5.41, 5.74) is 3.25. The molecule has 1 aromatic heterocycles. The summed E-state index contributed by atoms with van der Waals surface area (Å²) in [6.07, 6.45) is -0.457. The van der Waals surface area contributed by atoms with Crippen LogP contribution in [0.3, 0.4) is 0 Å². The van der Waals surface area contributed by atoms with Crippen LogP contribution in [0.2, 0.25) is 0 Å². The monoisotopic (exact) mass is 250 g/mol. The average Bonchev–Trinajstić information content (AvgIpc) is 2.60.